The Morgan fingerprint density at radius 1 is 0.488 bits per heavy atom. The van der Waals surface area contributed by atoms with Gasteiger partial charge in [0.05, 0.1) is 40.3 Å². The minimum Gasteiger partial charge on any atom is -0.458 e. The van der Waals surface area contributed by atoms with Crippen molar-refractivity contribution >= 4 is 80.1 Å². The monoisotopic (exact) mass is 1090 g/mol. The molecule has 14 rings (SSSR count). The van der Waals surface area contributed by atoms with Crippen LogP contribution in [0.15, 0.2) is 297 Å². The van der Waals surface area contributed by atoms with E-state index in [0.29, 0.717) is 17.0 Å². The highest BCUT2D eigenvalue weighted by molar-refractivity contribution is 7.20. The first-order valence-corrected chi connectivity index (χ1v) is 32.4. The van der Waals surface area contributed by atoms with E-state index in [1.165, 1.54) is 43.4 Å². The van der Waals surface area contributed by atoms with Gasteiger partial charge in [-0.25, -0.2) is 4.98 Å². The number of para-hydroxylation sites is 4. The Bertz CT molecular complexity index is 4950. The molecule has 0 aliphatic rings. The third kappa shape index (κ3) is 8.70. The highest BCUT2D eigenvalue weighted by Crippen LogP contribution is 2.37. The quantitative estimate of drug-likeness (QED) is 0.0499. The van der Waals surface area contributed by atoms with E-state index in [0.717, 1.165) is 49.8 Å². The molecule has 3 aromatic heterocycles. The molecule has 0 amide bonds. The van der Waals surface area contributed by atoms with Crippen molar-refractivity contribution in [1.82, 2.24) is 14.1 Å². The Kier molecular flexibility index (Phi) is 10.7. The molecule has 11 aromatic carbocycles. The van der Waals surface area contributed by atoms with E-state index >= 15 is 0 Å². The lowest BCUT2D eigenvalue weighted by atomic mass is 10.0. The van der Waals surface area contributed by atoms with Crippen molar-refractivity contribution in [3.63, 3.8) is 0 Å². The minimum atomic E-state index is -2.92. The number of imidazole rings is 1. The first-order chi connectivity index (χ1) is 43.6. The van der Waals surface area contributed by atoms with E-state index in [4.69, 9.17) is 20.7 Å². The summed E-state index contributed by atoms with van der Waals surface area (Å²) in [5.41, 5.74) is 6.93. The van der Waals surface area contributed by atoms with Crippen molar-refractivity contribution in [2.24, 2.45) is 0 Å². The highest BCUT2D eigenvalue weighted by atomic mass is 28.3. The van der Waals surface area contributed by atoms with Gasteiger partial charge in [0.25, 0.3) is 6.33 Å². The fourth-order valence-electron chi connectivity index (χ4n) is 12.2. The summed E-state index contributed by atoms with van der Waals surface area (Å²) in [6, 6.07) is 88.8. The largest absolute Gasteiger partial charge is 0.458 e. The lowest BCUT2D eigenvalue weighted by molar-refractivity contribution is -0.570. The van der Waals surface area contributed by atoms with Crippen LogP contribution in [0.4, 0.5) is 0 Å². The van der Waals surface area contributed by atoms with Crippen LogP contribution in [0.2, 0.25) is 13.1 Å². The van der Waals surface area contributed by atoms with Gasteiger partial charge in [0.15, 0.2) is 8.07 Å². The second-order valence-corrected chi connectivity index (χ2v) is 29.3. The van der Waals surface area contributed by atoms with Gasteiger partial charge in [-0.15, -0.1) is 0 Å². The van der Waals surface area contributed by atoms with Crippen LogP contribution in [-0.4, -0.2) is 30.3 Å². The minimum absolute atomic E-state index is 0.0684. The number of fused-ring (bicyclic) bond motifs is 4. The summed E-state index contributed by atoms with van der Waals surface area (Å²) < 4.78 is 81.3. The van der Waals surface area contributed by atoms with Gasteiger partial charge < -0.3 is 4.74 Å². The molecule has 0 spiro atoms. The van der Waals surface area contributed by atoms with Crippen molar-refractivity contribution in [3.05, 3.63) is 309 Å². The van der Waals surface area contributed by atoms with Crippen LogP contribution in [-0.2, 0) is 0 Å². The Balaban J connectivity index is 0.902. The Hall–Kier alpha value is -9.93. The Morgan fingerprint density at radius 3 is 1.79 bits per heavy atom. The summed E-state index contributed by atoms with van der Waals surface area (Å²) in [5.74, 6) is 1.34. The first kappa shape index (κ1) is 42.0. The average molecular weight is 1100 g/mol. The zero-order valence-electron chi connectivity index (χ0n) is 53.1. The normalized spacial score (nSPS) is 13.4. The number of rotatable bonds is 13. The number of hydrogen-bond acceptors (Lipinski definition) is 2. The molecule has 0 fully saturated rings. The zero-order chi connectivity index (χ0) is 62.1. The zero-order valence-corrected chi connectivity index (χ0v) is 47.1. The van der Waals surface area contributed by atoms with Crippen LogP contribution < -0.4 is 40.4 Å². The molecule has 0 radical (unpaired) electrons. The number of nitrogens with zero attached hydrogens (tertiary/aromatic N) is 4. The summed E-state index contributed by atoms with van der Waals surface area (Å²) in [5, 5.41) is 9.52. The lowest BCUT2D eigenvalue weighted by Crippen LogP contribution is -2.74. The van der Waals surface area contributed by atoms with Gasteiger partial charge >= 0.3 is 0 Å². The molecular formula is C75H58N4OSi2. The predicted molar refractivity (Wildman–Crippen MR) is 345 cm³/mol. The molecule has 82 heavy (non-hydrogen) atoms. The second-order valence-electron chi connectivity index (χ2n) is 21.1. The van der Waals surface area contributed by atoms with E-state index in [2.05, 4.69) is 223 Å². The smallest absolute Gasteiger partial charge is 0.269 e. The summed E-state index contributed by atoms with van der Waals surface area (Å²) in [6.07, 6.45) is 5.22. The fraction of sp³-hybridized carbons (Fsp3) is 0.0400. The van der Waals surface area contributed by atoms with Gasteiger partial charge in [-0.1, -0.05) is 261 Å². The molecule has 0 saturated carbocycles. The van der Waals surface area contributed by atoms with E-state index in [1.807, 2.05) is 65.2 Å². The van der Waals surface area contributed by atoms with E-state index in [-0.39, 0.29) is 22.5 Å². The van der Waals surface area contributed by atoms with Crippen LogP contribution >= 0.6 is 0 Å². The van der Waals surface area contributed by atoms with Gasteiger partial charge in [0, 0.05) is 32.7 Å². The van der Waals surface area contributed by atoms with E-state index in [1.54, 1.807) is 0 Å². The summed E-state index contributed by atoms with van der Waals surface area (Å²) >= 11 is 0. The molecule has 3 heterocycles. The third-order valence-corrected chi connectivity index (χ3v) is 24.4. The van der Waals surface area contributed by atoms with Gasteiger partial charge in [0.1, 0.15) is 25.4 Å². The standard InChI is InChI=1S/C75H58N4OSi2/c1-54-48-74(76-52-68(54)55-26-9-4-10-27-55)79-69-42-20-19-40-66(69)67-47-46-59(51-72(67)79)80-58-30-24-29-57(50-58)77-53-78(71-44-22-21-43-70(71)77)75-65(41-25-45-73(75)81(2,3)60-31-11-5-12-32-60)56-28-23-39-64(49-56)82(61-33-13-6-14-34-61,62-35-15-7-16-36-62)63-37-17-8-18-38-63/h4-52H,1-3H3/i1D3,4D,9D,10D,26D,27D. The van der Waals surface area contributed by atoms with Gasteiger partial charge in [-0.3, -0.25) is 13.7 Å². The van der Waals surface area contributed by atoms with Crippen LogP contribution in [0.25, 0.3) is 72.3 Å². The maximum absolute atomic E-state index is 8.71. The molecule has 0 aliphatic carbocycles. The molecule has 0 saturated heterocycles. The Morgan fingerprint density at radius 2 is 1.09 bits per heavy atom. The average Bonchev–Trinajstić information content (AvgIpc) is 1.17. The van der Waals surface area contributed by atoms with Crippen molar-refractivity contribution < 1.29 is 20.3 Å². The molecule has 0 bridgehead atoms. The molecule has 7 heteroatoms. The van der Waals surface area contributed by atoms with Gasteiger partial charge in [0.2, 0.25) is 0 Å². The highest BCUT2D eigenvalue weighted by Gasteiger charge is 2.42. The summed E-state index contributed by atoms with van der Waals surface area (Å²) in [6.45, 7) is 2.12. The maximum Gasteiger partial charge on any atom is 0.269 e. The molecule has 5 nitrogen and oxygen atoms in total. The van der Waals surface area contributed by atoms with Gasteiger partial charge in [-0.2, -0.15) is 0 Å². The maximum atomic E-state index is 8.71. The van der Waals surface area contributed by atoms with E-state index in [9.17, 15) is 0 Å². The van der Waals surface area contributed by atoms with Crippen molar-refractivity contribution in [1.29, 1.82) is 0 Å². The molecule has 0 N–H and O–H groups in total. The molecule has 0 aliphatic heterocycles. The molecule has 392 valence electrons. The molecule has 14 aromatic rings. The lowest BCUT2D eigenvalue weighted by Gasteiger charge is -2.35. The van der Waals surface area contributed by atoms with Crippen LogP contribution in [0, 0.1) is 13.2 Å². The van der Waals surface area contributed by atoms with Crippen LogP contribution in [0.3, 0.4) is 0 Å². The molecular weight excluding hydrogens is 1030 g/mol. The molecule has 0 atom stereocenters. The number of aromatic nitrogens is 4. The fourth-order valence-corrected chi connectivity index (χ4v) is 19.7. The van der Waals surface area contributed by atoms with E-state index < -0.39 is 53.2 Å². The van der Waals surface area contributed by atoms with Crippen molar-refractivity contribution in [3.8, 4) is 50.9 Å². The number of hydrogen-bond donors (Lipinski definition) is 0. The topological polar surface area (TPSA) is 35.9 Å². The van der Waals surface area contributed by atoms with Crippen LogP contribution in [0.5, 0.6) is 11.5 Å². The van der Waals surface area contributed by atoms with Gasteiger partial charge in [-0.05, 0) is 97.5 Å². The van der Waals surface area contributed by atoms with Crippen molar-refractivity contribution in [2.45, 2.75) is 19.9 Å². The SMILES string of the molecule is [2H]c1c([2H])c([2H])c(-c2cnc(-n3c4ccccc4c4ccc(Oc5cccc(-n6[c-][n+](-c7c(-c8cccc([Si](c9ccccc9)(c9ccccc9)c9ccccc9)c8)cccc7[Si](C)(C)c7ccccc7)c7ccccc76)c5)cc43)cc2C([2H])([2H])[2H])c([2H])c1[2H]. The summed E-state index contributed by atoms with van der Waals surface area (Å²) in [4.78, 5) is 4.78. The van der Waals surface area contributed by atoms with Crippen LogP contribution in [0.1, 0.15) is 16.5 Å². The summed E-state index contributed by atoms with van der Waals surface area (Å²) in [7, 11) is -5.40. The second kappa shape index (κ2) is 20.9. The number of aryl methyl sites for hydroxylation is 1. The number of ether oxygens (including phenoxy) is 1. The number of benzene rings is 11. The molecule has 0 unspecified atom stereocenters. The third-order valence-electron chi connectivity index (χ3n) is 16.1. The first-order valence-electron chi connectivity index (χ1n) is 31.4. The van der Waals surface area contributed by atoms with Crippen molar-refractivity contribution in [2.75, 3.05) is 0 Å². The Labute approximate surface area is 492 Å². The predicted octanol–water partition coefficient (Wildman–Crippen LogP) is 13.8. The number of pyridine rings is 1.